The van der Waals surface area contributed by atoms with E-state index in [-0.39, 0.29) is 5.69 Å². The smallest absolute Gasteiger partial charge is 0.273 e. The topological polar surface area (TPSA) is 76.2 Å². The number of nitrogens with zero attached hydrogens (tertiary/aromatic N) is 2. The maximum atomic E-state index is 10.5. The number of nitro benzene ring substituents is 1. The van der Waals surface area contributed by atoms with Crippen molar-refractivity contribution in [3.05, 3.63) is 33.9 Å². The molecule has 0 saturated heterocycles. The molecule has 5 nitrogen and oxygen atoms in total. The Balaban J connectivity index is 3.01. The number of hydrogen-bond donors (Lipinski definition) is 0. The van der Waals surface area contributed by atoms with Crippen molar-refractivity contribution in [2.45, 2.75) is 20.0 Å². The molecule has 0 aromatic heterocycles. The predicted molar refractivity (Wildman–Crippen MR) is 53.5 cm³/mol. The number of aryl methyl sites for hydroxylation is 1. The van der Waals surface area contributed by atoms with Gasteiger partial charge in [0.1, 0.15) is 11.8 Å². The summed E-state index contributed by atoms with van der Waals surface area (Å²) in [7, 11) is 0. The molecule has 1 aromatic rings. The largest absolute Gasteiger partial charge is 0.475 e. The molecule has 0 amide bonds. The summed E-state index contributed by atoms with van der Waals surface area (Å²) in [4.78, 5) is 10.0. The first-order chi connectivity index (χ1) is 7.04. The molecule has 0 fully saturated rings. The van der Waals surface area contributed by atoms with Crippen LogP contribution in [0.1, 0.15) is 12.5 Å². The van der Waals surface area contributed by atoms with Crippen molar-refractivity contribution in [3.8, 4) is 11.8 Å². The van der Waals surface area contributed by atoms with Crippen LogP contribution in [-0.4, -0.2) is 11.0 Å². The zero-order valence-corrected chi connectivity index (χ0v) is 8.43. The molecule has 0 radical (unpaired) electrons. The minimum absolute atomic E-state index is 0.0410. The van der Waals surface area contributed by atoms with E-state index in [9.17, 15) is 10.1 Å². The summed E-state index contributed by atoms with van der Waals surface area (Å²) in [5.41, 5.74) is 0.725. The Morgan fingerprint density at radius 1 is 1.60 bits per heavy atom. The Hall–Kier alpha value is -2.09. The highest BCUT2D eigenvalue weighted by molar-refractivity contribution is 5.43. The van der Waals surface area contributed by atoms with Crippen LogP contribution < -0.4 is 4.74 Å². The number of benzene rings is 1. The van der Waals surface area contributed by atoms with Gasteiger partial charge in [-0.1, -0.05) is 0 Å². The summed E-state index contributed by atoms with van der Waals surface area (Å²) in [5, 5.41) is 19.1. The summed E-state index contributed by atoms with van der Waals surface area (Å²) >= 11 is 0. The van der Waals surface area contributed by atoms with Gasteiger partial charge in [-0.3, -0.25) is 10.1 Å². The molecule has 5 heteroatoms. The molecule has 1 rings (SSSR count). The van der Waals surface area contributed by atoms with Gasteiger partial charge in [0.2, 0.25) is 0 Å². The highest BCUT2D eigenvalue weighted by atomic mass is 16.6. The van der Waals surface area contributed by atoms with Gasteiger partial charge in [0.05, 0.1) is 11.0 Å². The number of ether oxygens (including phenoxy) is 1. The zero-order chi connectivity index (χ0) is 11.4. The van der Waals surface area contributed by atoms with Crippen molar-refractivity contribution < 1.29 is 9.66 Å². The molecule has 0 aliphatic heterocycles. The highest BCUT2D eigenvalue weighted by Gasteiger charge is 2.11. The second-order valence-corrected chi connectivity index (χ2v) is 3.10. The molecule has 0 bridgehead atoms. The third-order valence-electron chi connectivity index (χ3n) is 1.87. The number of non-ortho nitro benzene ring substituents is 1. The summed E-state index contributed by atoms with van der Waals surface area (Å²) in [5.74, 6) is 0.373. The molecule has 1 atom stereocenters. The third-order valence-corrected chi connectivity index (χ3v) is 1.87. The van der Waals surface area contributed by atoms with E-state index in [2.05, 4.69) is 0 Å². The Morgan fingerprint density at radius 2 is 2.27 bits per heavy atom. The van der Waals surface area contributed by atoms with Crippen LogP contribution in [0.3, 0.4) is 0 Å². The molecular weight excluding hydrogens is 196 g/mol. The fourth-order valence-corrected chi connectivity index (χ4v) is 1.05. The SMILES string of the molecule is Cc1ccc([N+](=O)[O-])cc1OC(C)C#N. The molecule has 0 N–H and O–H groups in total. The average Bonchev–Trinajstić information content (AvgIpc) is 2.20. The first-order valence-electron chi connectivity index (χ1n) is 4.36. The lowest BCUT2D eigenvalue weighted by Gasteiger charge is -2.09. The van der Waals surface area contributed by atoms with E-state index < -0.39 is 11.0 Å². The van der Waals surface area contributed by atoms with Crippen LogP contribution in [0, 0.1) is 28.4 Å². The van der Waals surface area contributed by atoms with Crippen molar-refractivity contribution in [1.29, 1.82) is 5.26 Å². The number of hydrogen-bond acceptors (Lipinski definition) is 4. The van der Waals surface area contributed by atoms with E-state index in [1.165, 1.54) is 12.1 Å². The maximum absolute atomic E-state index is 10.5. The van der Waals surface area contributed by atoms with Gasteiger partial charge in [-0.15, -0.1) is 0 Å². The summed E-state index contributed by atoms with van der Waals surface area (Å²) in [6.07, 6.45) is -0.620. The number of nitro groups is 1. The van der Waals surface area contributed by atoms with Gasteiger partial charge in [0, 0.05) is 6.07 Å². The van der Waals surface area contributed by atoms with Crippen molar-refractivity contribution in [2.24, 2.45) is 0 Å². The van der Waals surface area contributed by atoms with Gasteiger partial charge in [0.25, 0.3) is 5.69 Å². The molecule has 0 spiro atoms. The van der Waals surface area contributed by atoms with Crippen LogP contribution in [0.5, 0.6) is 5.75 Å². The summed E-state index contributed by atoms with van der Waals surface area (Å²) in [6.45, 7) is 3.35. The highest BCUT2D eigenvalue weighted by Crippen LogP contribution is 2.24. The van der Waals surface area contributed by atoms with Gasteiger partial charge in [-0.05, 0) is 25.5 Å². The van der Waals surface area contributed by atoms with E-state index >= 15 is 0 Å². The van der Waals surface area contributed by atoms with Crippen molar-refractivity contribution in [2.75, 3.05) is 0 Å². The molecule has 1 unspecified atom stereocenters. The van der Waals surface area contributed by atoms with Crippen LogP contribution in [0.2, 0.25) is 0 Å². The van der Waals surface area contributed by atoms with Gasteiger partial charge in [-0.2, -0.15) is 5.26 Å². The monoisotopic (exact) mass is 206 g/mol. The Kier molecular flexibility index (Phi) is 3.24. The minimum Gasteiger partial charge on any atom is -0.475 e. The number of nitriles is 1. The molecule has 0 aliphatic rings. The second-order valence-electron chi connectivity index (χ2n) is 3.10. The quantitative estimate of drug-likeness (QED) is 0.561. The van der Waals surface area contributed by atoms with Crippen LogP contribution in [0.15, 0.2) is 18.2 Å². The van der Waals surface area contributed by atoms with Crippen LogP contribution in [-0.2, 0) is 0 Å². The lowest BCUT2D eigenvalue weighted by Crippen LogP contribution is -2.09. The fraction of sp³-hybridized carbons (Fsp3) is 0.300. The van der Waals surface area contributed by atoms with E-state index in [4.69, 9.17) is 10.00 Å². The van der Waals surface area contributed by atoms with E-state index in [1.807, 2.05) is 6.07 Å². The normalized spacial score (nSPS) is 11.5. The Labute approximate surface area is 87.1 Å². The summed E-state index contributed by atoms with van der Waals surface area (Å²) in [6, 6.07) is 6.22. The van der Waals surface area contributed by atoms with Gasteiger partial charge in [-0.25, -0.2) is 0 Å². The lowest BCUT2D eigenvalue weighted by atomic mass is 10.2. The van der Waals surface area contributed by atoms with Gasteiger partial charge in [0.15, 0.2) is 6.10 Å². The van der Waals surface area contributed by atoms with Crippen molar-refractivity contribution in [3.63, 3.8) is 0 Å². The van der Waals surface area contributed by atoms with Gasteiger partial charge >= 0.3 is 0 Å². The second kappa shape index (κ2) is 4.42. The summed E-state index contributed by atoms with van der Waals surface area (Å²) < 4.78 is 5.22. The molecule has 1 aromatic carbocycles. The molecule has 0 saturated carbocycles. The minimum atomic E-state index is -0.620. The number of rotatable bonds is 3. The molecule has 0 aliphatic carbocycles. The van der Waals surface area contributed by atoms with Crippen LogP contribution in [0.4, 0.5) is 5.69 Å². The first-order valence-corrected chi connectivity index (χ1v) is 4.36. The molecule has 0 heterocycles. The molecule has 78 valence electrons. The van der Waals surface area contributed by atoms with E-state index in [0.717, 1.165) is 5.56 Å². The Bertz CT molecular complexity index is 423. The lowest BCUT2D eigenvalue weighted by molar-refractivity contribution is -0.385. The fourth-order valence-electron chi connectivity index (χ4n) is 1.05. The standard InChI is InChI=1S/C10H10N2O3/c1-7-3-4-9(12(13)14)5-10(7)15-8(2)6-11/h3-5,8H,1-2H3. The molecular formula is C10H10N2O3. The van der Waals surface area contributed by atoms with Crippen molar-refractivity contribution in [1.82, 2.24) is 0 Å². The Morgan fingerprint density at radius 3 is 2.80 bits per heavy atom. The van der Waals surface area contributed by atoms with E-state index in [1.54, 1.807) is 19.9 Å². The van der Waals surface area contributed by atoms with Crippen molar-refractivity contribution >= 4 is 5.69 Å². The first kappa shape index (κ1) is 11.0. The van der Waals surface area contributed by atoms with Crippen LogP contribution in [0.25, 0.3) is 0 Å². The maximum Gasteiger partial charge on any atom is 0.273 e. The van der Waals surface area contributed by atoms with Gasteiger partial charge < -0.3 is 4.74 Å². The molecule has 15 heavy (non-hydrogen) atoms. The third kappa shape index (κ3) is 2.68. The van der Waals surface area contributed by atoms with E-state index in [0.29, 0.717) is 5.75 Å². The average molecular weight is 206 g/mol. The predicted octanol–water partition coefficient (Wildman–Crippen LogP) is 2.19. The van der Waals surface area contributed by atoms with Crippen LogP contribution >= 0.6 is 0 Å². The zero-order valence-electron chi connectivity index (χ0n) is 8.43.